The Morgan fingerprint density at radius 1 is 1.24 bits per heavy atom. The van der Waals surface area contributed by atoms with Crippen LogP contribution in [0.2, 0.25) is 0 Å². The molecule has 5 rings (SSSR count). The second kappa shape index (κ2) is 9.46. The topological polar surface area (TPSA) is 78.3 Å². The molecule has 1 N–H and O–H groups in total. The molecule has 3 heterocycles. The summed E-state index contributed by atoms with van der Waals surface area (Å²) in [5.74, 6) is 1.38. The molecule has 0 aliphatic carbocycles. The molecule has 8 heteroatoms. The number of aryl methyl sites for hydroxylation is 2. The van der Waals surface area contributed by atoms with Gasteiger partial charge in [-0.05, 0) is 49.1 Å². The fourth-order valence-corrected chi connectivity index (χ4v) is 4.48. The van der Waals surface area contributed by atoms with Crippen molar-refractivity contribution in [1.29, 1.82) is 0 Å². The van der Waals surface area contributed by atoms with Crippen LogP contribution in [-0.4, -0.2) is 20.7 Å². The lowest BCUT2D eigenvalue weighted by Gasteiger charge is -2.26. The molecular weight excluding hydrogens is 436 g/mol. The zero-order valence-corrected chi connectivity index (χ0v) is 19.0. The molecule has 1 amide bonds. The Morgan fingerprint density at radius 3 is 2.94 bits per heavy atom. The Kier molecular flexibility index (Phi) is 6.08. The van der Waals surface area contributed by atoms with Crippen molar-refractivity contribution in [3.63, 3.8) is 0 Å². The molecule has 33 heavy (non-hydrogen) atoms. The van der Waals surface area contributed by atoms with Crippen molar-refractivity contribution in [2.75, 3.05) is 0 Å². The fraction of sp³-hybridized carbons (Fsp3) is 0.240. The lowest BCUT2D eigenvalue weighted by molar-refractivity contribution is 0.0954. The van der Waals surface area contributed by atoms with Crippen molar-refractivity contribution < 1.29 is 14.3 Å². The van der Waals surface area contributed by atoms with Gasteiger partial charge in [0, 0.05) is 24.8 Å². The van der Waals surface area contributed by atoms with Crippen molar-refractivity contribution >= 4 is 17.2 Å². The van der Waals surface area contributed by atoms with Gasteiger partial charge in [-0.15, -0.1) is 0 Å². The van der Waals surface area contributed by atoms with Crippen molar-refractivity contribution in [3.8, 4) is 16.7 Å². The van der Waals surface area contributed by atoms with Gasteiger partial charge in [-0.2, -0.15) is 5.10 Å². The summed E-state index contributed by atoms with van der Waals surface area (Å²) in [6, 6.07) is 16.1. The third kappa shape index (κ3) is 4.90. The van der Waals surface area contributed by atoms with Crippen LogP contribution in [0.25, 0.3) is 0 Å². The van der Waals surface area contributed by atoms with E-state index in [1.54, 1.807) is 6.20 Å². The number of aromatic nitrogens is 3. The highest BCUT2D eigenvalue weighted by Crippen LogP contribution is 2.38. The van der Waals surface area contributed by atoms with E-state index in [9.17, 15) is 4.79 Å². The van der Waals surface area contributed by atoms with Crippen LogP contribution in [0, 0.1) is 0 Å². The van der Waals surface area contributed by atoms with Crippen LogP contribution in [0.3, 0.4) is 0 Å². The minimum Gasteiger partial charge on any atom is -0.485 e. The molecule has 0 saturated carbocycles. The summed E-state index contributed by atoms with van der Waals surface area (Å²) in [4.78, 5) is 17.2. The molecule has 1 atom stereocenters. The summed E-state index contributed by atoms with van der Waals surface area (Å²) in [6.07, 6.45) is 7.11. The van der Waals surface area contributed by atoms with Crippen LogP contribution < -0.4 is 14.8 Å². The van der Waals surface area contributed by atoms with E-state index in [2.05, 4.69) is 27.5 Å². The number of carbonyl (C=O) groups excluding carboxylic acids is 1. The summed E-state index contributed by atoms with van der Waals surface area (Å²) < 4.78 is 14.0. The van der Waals surface area contributed by atoms with E-state index < -0.39 is 0 Å². The summed E-state index contributed by atoms with van der Waals surface area (Å²) >= 11 is 1.22. The van der Waals surface area contributed by atoms with E-state index in [0.717, 1.165) is 36.3 Å². The number of carbonyl (C=O) groups is 1. The van der Waals surface area contributed by atoms with Gasteiger partial charge in [0.05, 0.1) is 12.4 Å². The Bertz CT molecular complexity index is 1250. The zero-order chi connectivity index (χ0) is 22.6. The lowest BCUT2D eigenvalue weighted by atomic mass is 9.97. The first-order valence-corrected chi connectivity index (χ1v) is 11.8. The predicted molar refractivity (Wildman–Crippen MR) is 126 cm³/mol. The predicted octanol–water partition coefficient (Wildman–Crippen LogP) is 5.15. The number of nitrogens with one attached hydrogen (secondary N) is 1. The minimum absolute atomic E-state index is 0.0711. The number of ether oxygens (including phenoxy) is 2. The van der Waals surface area contributed by atoms with Crippen LogP contribution in [0.15, 0.2) is 67.1 Å². The maximum atomic E-state index is 12.5. The van der Waals surface area contributed by atoms with Gasteiger partial charge in [-0.1, -0.05) is 41.7 Å². The maximum absolute atomic E-state index is 12.5. The number of hydrogen-bond acceptors (Lipinski definition) is 6. The first-order valence-electron chi connectivity index (χ1n) is 11.0. The summed E-state index contributed by atoms with van der Waals surface area (Å²) in [5.41, 5.74) is 3.26. The zero-order valence-electron chi connectivity index (χ0n) is 18.2. The highest BCUT2D eigenvalue weighted by molar-refractivity contribution is 7.15. The number of nitrogens with zero attached hydrogens (tertiary/aromatic N) is 3. The second-order valence-electron chi connectivity index (χ2n) is 7.80. The smallest absolute Gasteiger partial charge is 0.279 e. The molecule has 0 bridgehead atoms. The molecule has 168 valence electrons. The van der Waals surface area contributed by atoms with Crippen LogP contribution in [0.4, 0.5) is 0 Å². The Labute approximate surface area is 196 Å². The van der Waals surface area contributed by atoms with Gasteiger partial charge in [0.1, 0.15) is 22.5 Å². The molecule has 1 aliphatic heterocycles. The highest BCUT2D eigenvalue weighted by atomic mass is 32.1. The van der Waals surface area contributed by atoms with E-state index in [4.69, 9.17) is 9.47 Å². The summed E-state index contributed by atoms with van der Waals surface area (Å²) in [7, 11) is 0. The number of thiazole rings is 1. The van der Waals surface area contributed by atoms with E-state index in [1.807, 2.05) is 54.2 Å². The van der Waals surface area contributed by atoms with Gasteiger partial charge >= 0.3 is 0 Å². The standard InChI is InChI=1S/C25H24N4O3S/c1-2-29-16-17(14-28-29)13-26-24(30)23-15-27-25(33-23)31-20-9-11-22-19(12-20)8-10-21(32-22)18-6-4-3-5-7-18/h3-7,9,11-12,14-16,21H,2,8,10,13H2,1H3,(H,26,30). The number of benzene rings is 2. The molecule has 2 aromatic carbocycles. The molecule has 0 fully saturated rings. The maximum Gasteiger partial charge on any atom is 0.279 e. The normalized spacial score (nSPS) is 14.9. The average molecular weight is 461 g/mol. The quantitative estimate of drug-likeness (QED) is 0.413. The molecule has 2 aromatic heterocycles. The third-order valence-corrected chi connectivity index (χ3v) is 6.40. The van der Waals surface area contributed by atoms with Crippen LogP contribution in [0.1, 0.15) is 45.8 Å². The monoisotopic (exact) mass is 460 g/mol. The molecule has 1 aliphatic rings. The molecule has 4 aromatic rings. The summed E-state index contributed by atoms with van der Waals surface area (Å²) in [6.45, 7) is 3.23. The van der Waals surface area contributed by atoms with Gasteiger partial charge in [-0.3, -0.25) is 9.48 Å². The van der Waals surface area contributed by atoms with Crippen LogP contribution >= 0.6 is 11.3 Å². The van der Waals surface area contributed by atoms with Gasteiger partial charge < -0.3 is 14.8 Å². The largest absolute Gasteiger partial charge is 0.485 e. The molecule has 7 nitrogen and oxygen atoms in total. The average Bonchev–Trinajstić information content (AvgIpc) is 3.52. The number of rotatable bonds is 7. The van der Waals surface area contributed by atoms with E-state index in [1.165, 1.54) is 23.1 Å². The highest BCUT2D eigenvalue weighted by Gasteiger charge is 2.22. The van der Waals surface area contributed by atoms with Gasteiger partial charge in [-0.25, -0.2) is 4.98 Å². The molecule has 0 radical (unpaired) electrons. The van der Waals surface area contributed by atoms with Crippen molar-refractivity contribution in [2.24, 2.45) is 0 Å². The van der Waals surface area contributed by atoms with Gasteiger partial charge in [0.15, 0.2) is 0 Å². The second-order valence-corrected chi connectivity index (χ2v) is 8.80. The van der Waals surface area contributed by atoms with E-state index in [0.29, 0.717) is 22.4 Å². The number of hydrogen-bond donors (Lipinski definition) is 1. The lowest BCUT2D eigenvalue weighted by Crippen LogP contribution is -2.21. The van der Waals surface area contributed by atoms with Crippen LogP contribution in [0.5, 0.6) is 16.7 Å². The Balaban J connectivity index is 1.20. The minimum atomic E-state index is -0.183. The van der Waals surface area contributed by atoms with E-state index in [-0.39, 0.29) is 12.0 Å². The molecule has 1 unspecified atom stereocenters. The first kappa shape index (κ1) is 21.2. The molecule has 0 saturated heterocycles. The third-order valence-electron chi connectivity index (χ3n) is 5.53. The van der Waals surface area contributed by atoms with Crippen molar-refractivity contribution in [2.45, 2.75) is 39.0 Å². The number of amides is 1. The Hall–Kier alpha value is -3.65. The molecule has 0 spiro atoms. The van der Waals surface area contributed by atoms with E-state index >= 15 is 0 Å². The van der Waals surface area contributed by atoms with Crippen molar-refractivity contribution in [3.05, 3.63) is 88.7 Å². The van der Waals surface area contributed by atoms with Crippen molar-refractivity contribution in [1.82, 2.24) is 20.1 Å². The Morgan fingerprint density at radius 2 is 2.12 bits per heavy atom. The first-order chi connectivity index (χ1) is 16.2. The summed E-state index contributed by atoms with van der Waals surface area (Å²) in [5, 5.41) is 7.54. The van der Waals surface area contributed by atoms with Crippen LogP contribution in [-0.2, 0) is 19.5 Å². The SMILES string of the molecule is CCn1cc(CNC(=O)c2cnc(Oc3ccc4c(c3)CCC(c3ccccc3)O4)s2)cn1. The van der Waals surface area contributed by atoms with Gasteiger partial charge in [0.25, 0.3) is 11.1 Å². The fourth-order valence-electron chi connectivity index (χ4n) is 3.78. The molecular formula is C25H24N4O3S. The number of fused-ring (bicyclic) bond motifs is 1. The van der Waals surface area contributed by atoms with Gasteiger partial charge in [0.2, 0.25) is 0 Å².